The molecule has 2 heterocycles. The zero-order valence-electron chi connectivity index (χ0n) is 13.2. The average molecular weight is 342 g/mol. The van der Waals surface area contributed by atoms with Crippen LogP contribution in [-0.4, -0.2) is 24.4 Å². The third kappa shape index (κ3) is 2.62. The van der Waals surface area contributed by atoms with Crippen molar-refractivity contribution in [3.63, 3.8) is 0 Å². The van der Waals surface area contributed by atoms with Gasteiger partial charge in [-0.2, -0.15) is 0 Å². The van der Waals surface area contributed by atoms with E-state index in [9.17, 15) is 9.59 Å². The van der Waals surface area contributed by atoms with Crippen LogP contribution in [0.5, 0.6) is 0 Å². The third-order valence-corrected chi connectivity index (χ3v) is 5.23. The minimum Gasteiger partial charge on any atom is -0.320 e. The van der Waals surface area contributed by atoms with Crippen molar-refractivity contribution >= 4 is 29.1 Å². The van der Waals surface area contributed by atoms with Crippen molar-refractivity contribution < 1.29 is 14.5 Å². The normalized spacial score (nSPS) is 23.5. The molecule has 0 radical (unpaired) electrons. The molecule has 1 fully saturated rings. The molecule has 0 bridgehead atoms. The number of rotatable bonds is 2. The molecule has 2 aromatic carbocycles. The van der Waals surface area contributed by atoms with Crippen molar-refractivity contribution in [3.8, 4) is 0 Å². The van der Waals surface area contributed by atoms with E-state index in [1.807, 2.05) is 6.07 Å². The molecule has 1 N–H and O–H groups in total. The second kappa shape index (κ2) is 6.04. The quantitative estimate of drug-likeness (QED) is 0.843. The highest BCUT2D eigenvalue weighted by atomic mass is 35.5. The first-order valence-corrected chi connectivity index (χ1v) is 8.55. The van der Waals surface area contributed by atoms with E-state index in [-0.39, 0.29) is 24.3 Å². The van der Waals surface area contributed by atoms with Crippen LogP contribution in [-0.2, 0) is 22.6 Å². The van der Waals surface area contributed by atoms with Crippen molar-refractivity contribution in [2.45, 2.75) is 25.4 Å². The van der Waals surface area contributed by atoms with Gasteiger partial charge in [0, 0.05) is 17.0 Å². The van der Waals surface area contributed by atoms with Gasteiger partial charge in [-0.25, -0.2) is 4.90 Å². The van der Waals surface area contributed by atoms with Crippen molar-refractivity contribution in [1.82, 2.24) is 0 Å². The van der Waals surface area contributed by atoms with Crippen LogP contribution in [0.2, 0.25) is 5.02 Å². The van der Waals surface area contributed by atoms with Gasteiger partial charge in [-0.3, -0.25) is 9.59 Å². The number of fused-ring (bicyclic) bond motifs is 1. The van der Waals surface area contributed by atoms with Gasteiger partial charge in [-0.15, -0.1) is 0 Å². The van der Waals surface area contributed by atoms with Crippen LogP contribution in [0.3, 0.4) is 0 Å². The predicted molar refractivity (Wildman–Crippen MR) is 92.0 cm³/mol. The number of halogens is 1. The molecule has 2 aliphatic heterocycles. The van der Waals surface area contributed by atoms with E-state index in [0.717, 1.165) is 19.5 Å². The SMILES string of the molecule is O=C1C[C@H]([NH+]2CCc3ccccc3C2)C(=O)N1c1ccc(Cl)cc1. The van der Waals surface area contributed by atoms with Gasteiger partial charge >= 0.3 is 0 Å². The number of carbonyl (C=O) groups excluding carboxylic acids is 2. The Labute approximate surface area is 145 Å². The van der Waals surface area contributed by atoms with Crippen molar-refractivity contribution in [2.75, 3.05) is 11.4 Å². The Hall–Kier alpha value is -2.17. The van der Waals surface area contributed by atoms with Crippen LogP contribution in [0.1, 0.15) is 17.5 Å². The molecule has 2 atom stereocenters. The monoisotopic (exact) mass is 341 g/mol. The Morgan fingerprint density at radius 3 is 2.46 bits per heavy atom. The number of carbonyl (C=O) groups is 2. The van der Waals surface area contributed by atoms with Crippen LogP contribution >= 0.6 is 11.6 Å². The number of nitrogens with zero attached hydrogens (tertiary/aromatic N) is 1. The lowest BCUT2D eigenvalue weighted by atomic mass is 9.98. The molecular formula is C19H18ClN2O2+. The maximum absolute atomic E-state index is 12.9. The van der Waals surface area contributed by atoms with Gasteiger partial charge < -0.3 is 4.90 Å². The van der Waals surface area contributed by atoms with Crippen LogP contribution in [0.25, 0.3) is 0 Å². The summed E-state index contributed by atoms with van der Waals surface area (Å²) >= 11 is 5.90. The Morgan fingerprint density at radius 2 is 1.71 bits per heavy atom. The van der Waals surface area contributed by atoms with Crippen molar-refractivity contribution in [2.24, 2.45) is 0 Å². The average Bonchev–Trinajstić information content (AvgIpc) is 2.90. The maximum atomic E-state index is 12.9. The fourth-order valence-corrected chi connectivity index (χ4v) is 3.84. The van der Waals surface area contributed by atoms with Crippen molar-refractivity contribution in [1.29, 1.82) is 0 Å². The molecule has 0 aliphatic carbocycles. The van der Waals surface area contributed by atoms with Gasteiger partial charge in [-0.1, -0.05) is 35.9 Å². The zero-order chi connectivity index (χ0) is 16.7. The van der Waals surface area contributed by atoms with E-state index in [4.69, 9.17) is 11.6 Å². The summed E-state index contributed by atoms with van der Waals surface area (Å²) in [6, 6.07) is 14.9. The molecule has 122 valence electrons. The molecule has 4 nitrogen and oxygen atoms in total. The van der Waals surface area contributed by atoms with Crippen molar-refractivity contribution in [3.05, 3.63) is 64.7 Å². The smallest absolute Gasteiger partial charge is 0.292 e. The lowest BCUT2D eigenvalue weighted by Gasteiger charge is -2.29. The van der Waals surface area contributed by atoms with Gasteiger partial charge in [0.25, 0.3) is 5.91 Å². The first-order valence-electron chi connectivity index (χ1n) is 8.17. The standard InChI is InChI=1S/C19H17ClN2O2/c20-15-5-7-16(8-6-15)22-18(23)11-17(19(22)24)21-10-9-13-3-1-2-4-14(13)12-21/h1-8,17H,9-12H2/p+1/t17-/m0/s1. The molecule has 0 saturated carbocycles. The van der Waals surface area contributed by atoms with Crippen LogP contribution in [0.15, 0.2) is 48.5 Å². The molecule has 1 unspecified atom stereocenters. The minimum atomic E-state index is -0.290. The maximum Gasteiger partial charge on any atom is 0.292 e. The van der Waals surface area contributed by atoms with Gasteiger partial charge in [0.15, 0.2) is 6.04 Å². The summed E-state index contributed by atoms with van der Waals surface area (Å²) in [6.07, 6.45) is 1.23. The van der Waals surface area contributed by atoms with E-state index in [1.165, 1.54) is 20.9 Å². The van der Waals surface area contributed by atoms with E-state index in [1.54, 1.807) is 24.3 Å². The molecule has 4 rings (SSSR count). The second-order valence-electron chi connectivity index (χ2n) is 6.40. The highest BCUT2D eigenvalue weighted by Crippen LogP contribution is 2.24. The number of quaternary nitrogens is 1. The third-order valence-electron chi connectivity index (χ3n) is 4.98. The second-order valence-corrected chi connectivity index (χ2v) is 6.84. The number of anilines is 1. The molecule has 2 aromatic rings. The van der Waals surface area contributed by atoms with E-state index >= 15 is 0 Å². The fourth-order valence-electron chi connectivity index (χ4n) is 3.71. The van der Waals surface area contributed by atoms with Crippen LogP contribution in [0.4, 0.5) is 5.69 Å². The van der Waals surface area contributed by atoms with E-state index in [2.05, 4.69) is 18.2 Å². The molecule has 0 aromatic heterocycles. The molecular weight excluding hydrogens is 324 g/mol. The lowest BCUT2D eigenvalue weighted by Crippen LogP contribution is -3.16. The molecule has 2 aliphatic rings. The minimum absolute atomic E-state index is 0.100. The number of imide groups is 1. The van der Waals surface area contributed by atoms with Gasteiger partial charge in [0.2, 0.25) is 5.91 Å². The van der Waals surface area contributed by atoms with Gasteiger partial charge in [0.1, 0.15) is 6.54 Å². The summed E-state index contributed by atoms with van der Waals surface area (Å²) in [4.78, 5) is 27.8. The molecule has 24 heavy (non-hydrogen) atoms. The summed E-state index contributed by atoms with van der Waals surface area (Å²) in [5, 5.41) is 0.590. The zero-order valence-corrected chi connectivity index (χ0v) is 13.9. The molecule has 1 saturated heterocycles. The highest BCUT2D eigenvalue weighted by Gasteiger charge is 2.46. The first kappa shape index (κ1) is 15.4. The van der Waals surface area contributed by atoms with Crippen LogP contribution < -0.4 is 9.80 Å². The summed E-state index contributed by atoms with van der Waals surface area (Å²) in [7, 11) is 0. The molecule has 0 spiro atoms. The Morgan fingerprint density at radius 1 is 1.00 bits per heavy atom. The fraction of sp³-hybridized carbons (Fsp3) is 0.263. The van der Waals surface area contributed by atoms with Crippen LogP contribution in [0, 0.1) is 0 Å². The molecule has 2 amide bonds. The first-order chi connectivity index (χ1) is 11.6. The summed E-state index contributed by atoms with van der Waals surface area (Å²) in [5.74, 6) is -0.226. The van der Waals surface area contributed by atoms with Gasteiger partial charge in [-0.05, 0) is 29.8 Å². The van der Waals surface area contributed by atoms with Gasteiger partial charge in [0.05, 0.1) is 18.7 Å². The topological polar surface area (TPSA) is 41.8 Å². The van der Waals surface area contributed by atoms with E-state index in [0.29, 0.717) is 10.7 Å². The largest absolute Gasteiger partial charge is 0.320 e. The Bertz CT molecular complexity index is 803. The number of benzene rings is 2. The number of hydrogen-bond acceptors (Lipinski definition) is 2. The number of nitrogens with one attached hydrogen (secondary N) is 1. The number of amides is 2. The lowest BCUT2D eigenvalue weighted by molar-refractivity contribution is -0.930. The Kier molecular flexibility index (Phi) is 3.87. The summed E-state index contributed by atoms with van der Waals surface area (Å²) in [5.41, 5.74) is 3.24. The van der Waals surface area contributed by atoms with E-state index < -0.39 is 0 Å². The molecule has 5 heteroatoms. The highest BCUT2D eigenvalue weighted by molar-refractivity contribution is 6.30. The summed E-state index contributed by atoms with van der Waals surface area (Å²) < 4.78 is 0. The predicted octanol–water partition coefficient (Wildman–Crippen LogP) is 1.61. The summed E-state index contributed by atoms with van der Waals surface area (Å²) in [6.45, 7) is 1.68. The number of hydrogen-bond donors (Lipinski definition) is 1. The Balaban J connectivity index is 1.57.